The van der Waals surface area contributed by atoms with Gasteiger partial charge in [-0.1, -0.05) is 39.0 Å². The monoisotopic (exact) mass is 619 g/mol. The Morgan fingerprint density at radius 2 is 1.73 bits per heavy atom. The number of carbonyl (C=O) groups excluding carboxylic acids is 1. The van der Waals surface area contributed by atoms with Gasteiger partial charge in [-0.05, 0) is 63.2 Å². The first-order chi connectivity index (χ1) is 20.5. The van der Waals surface area contributed by atoms with Crippen molar-refractivity contribution in [3.05, 3.63) is 76.9 Å². The minimum absolute atomic E-state index is 0.0397. The van der Waals surface area contributed by atoms with E-state index < -0.39 is 37.4 Å². The third-order valence-corrected chi connectivity index (χ3v) is 13.0. The molecule has 0 aliphatic carbocycles. The molecule has 11 heteroatoms. The second kappa shape index (κ2) is 11.3. The standard InChI is InChI=1S/C33H42FN5O4Si/c1-32(2,3)42-31(41)38-20-23(43-44(8,9)33(4,5)6)17-26(38)29-36-25-16-15-24(34)27(21-18-35-37(7)19-21)28(25)30(40)39(29)22-13-11-10-12-14-22/h10-16,18-19,23,26H,17,20H2,1-9H3. The summed E-state index contributed by atoms with van der Waals surface area (Å²) in [6, 6.07) is 11.3. The van der Waals surface area contributed by atoms with Gasteiger partial charge >= 0.3 is 6.09 Å². The number of aryl methyl sites for hydroxylation is 1. The van der Waals surface area contributed by atoms with Gasteiger partial charge in [0.05, 0.1) is 34.9 Å². The van der Waals surface area contributed by atoms with Crippen LogP contribution in [0.2, 0.25) is 18.1 Å². The second-order valence-corrected chi connectivity index (χ2v) is 18.8. The fourth-order valence-electron chi connectivity index (χ4n) is 5.39. The van der Waals surface area contributed by atoms with Gasteiger partial charge in [0.1, 0.15) is 17.2 Å². The number of benzene rings is 2. The highest BCUT2D eigenvalue weighted by atomic mass is 28.4. The Kier molecular flexibility index (Phi) is 8.09. The maximum absolute atomic E-state index is 15.5. The number of halogens is 1. The van der Waals surface area contributed by atoms with Crippen LogP contribution in [-0.2, 0) is 16.2 Å². The average Bonchev–Trinajstić information content (AvgIpc) is 3.53. The topological polar surface area (TPSA) is 91.5 Å². The third-order valence-electron chi connectivity index (χ3n) is 8.48. The summed E-state index contributed by atoms with van der Waals surface area (Å²) in [5, 5.41) is 4.30. The molecule has 2 atom stereocenters. The predicted octanol–water partition coefficient (Wildman–Crippen LogP) is 7.00. The predicted molar refractivity (Wildman–Crippen MR) is 172 cm³/mol. The van der Waals surface area contributed by atoms with Crippen molar-refractivity contribution in [2.75, 3.05) is 6.54 Å². The lowest BCUT2D eigenvalue weighted by atomic mass is 10.0. The molecule has 0 bridgehead atoms. The Labute approximate surface area is 258 Å². The lowest BCUT2D eigenvalue weighted by molar-refractivity contribution is 0.0201. The molecule has 234 valence electrons. The van der Waals surface area contributed by atoms with Crippen molar-refractivity contribution in [2.45, 2.75) is 83.8 Å². The molecule has 44 heavy (non-hydrogen) atoms. The molecular formula is C33H42FN5O4Si. The van der Waals surface area contributed by atoms with Gasteiger partial charge in [-0.3, -0.25) is 18.9 Å². The average molecular weight is 620 g/mol. The molecular weight excluding hydrogens is 577 g/mol. The number of amides is 1. The Bertz CT molecular complexity index is 1750. The Balaban J connectivity index is 1.74. The summed E-state index contributed by atoms with van der Waals surface area (Å²) in [5.74, 6) is -0.180. The van der Waals surface area contributed by atoms with E-state index in [1.165, 1.54) is 22.9 Å². The van der Waals surface area contributed by atoms with Gasteiger partial charge in [-0.15, -0.1) is 0 Å². The molecule has 1 aliphatic heterocycles. The fraction of sp³-hybridized carbons (Fsp3) is 0.455. The maximum Gasteiger partial charge on any atom is 0.411 e. The zero-order valence-electron chi connectivity index (χ0n) is 27.0. The molecule has 1 saturated heterocycles. The first-order valence-electron chi connectivity index (χ1n) is 14.9. The molecule has 0 saturated carbocycles. The number of hydrogen-bond acceptors (Lipinski definition) is 6. The molecule has 9 nitrogen and oxygen atoms in total. The number of rotatable bonds is 5. The first-order valence-corrected chi connectivity index (χ1v) is 17.8. The minimum Gasteiger partial charge on any atom is -0.444 e. The summed E-state index contributed by atoms with van der Waals surface area (Å²) in [6.45, 7) is 16.6. The second-order valence-electron chi connectivity index (χ2n) is 14.0. The van der Waals surface area contributed by atoms with Crippen molar-refractivity contribution >= 4 is 25.3 Å². The number of para-hydroxylation sites is 1. The van der Waals surface area contributed by atoms with Crippen molar-refractivity contribution in [3.8, 4) is 16.8 Å². The number of fused-ring (bicyclic) bond motifs is 1. The van der Waals surface area contributed by atoms with Crippen molar-refractivity contribution in [2.24, 2.45) is 7.05 Å². The van der Waals surface area contributed by atoms with Crippen molar-refractivity contribution in [1.29, 1.82) is 0 Å². The molecule has 1 fully saturated rings. The maximum atomic E-state index is 15.5. The van der Waals surface area contributed by atoms with Crippen LogP contribution in [0.5, 0.6) is 0 Å². The van der Waals surface area contributed by atoms with E-state index in [9.17, 15) is 9.59 Å². The molecule has 2 aromatic heterocycles. The van der Waals surface area contributed by atoms with Crippen molar-refractivity contribution in [1.82, 2.24) is 24.2 Å². The summed E-state index contributed by atoms with van der Waals surface area (Å²) in [7, 11) is -0.475. The molecule has 2 aromatic carbocycles. The summed E-state index contributed by atoms with van der Waals surface area (Å²) in [5.41, 5.74) is 0.329. The summed E-state index contributed by atoms with van der Waals surface area (Å²) >= 11 is 0. The van der Waals surface area contributed by atoms with E-state index in [1.54, 1.807) is 35.0 Å². The molecule has 3 heterocycles. The minimum atomic E-state index is -2.21. The largest absolute Gasteiger partial charge is 0.444 e. The van der Waals surface area contributed by atoms with Crippen LogP contribution in [0.1, 0.15) is 59.8 Å². The summed E-state index contributed by atoms with van der Waals surface area (Å²) < 4.78 is 31.2. The highest BCUT2D eigenvalue weighted by Gasteiger charge is 2.46. The van der Waals surface area contributed by atoms with E-state index >= 15 is 4.39 Å². The number of aromatic nitrogens is 4. The number of ether oxygens (including phenoxy) is 1. The highest BCUT2D eigenvalue weighted by molar-refractivity contribution is 6.74. The first kappa shape index (κ1) is 31.6. The van der Waals surface area contributed by atoms with Gasteiger partial charge in [0.2, 0.25) is 0 Å². The normalized spacial score (nSPS) is 17.8. The Morgan fingerprint density at radius 1 is 1.05 bits per heavy atom. The molecule has 1 aliphatic rings. The highest BCUT2D eigenvalue weighted by Crippen LogP contribution is 2.42. The van der Waals surface area contributed by atoms with Gasteiger partial charge < -0.3 is 9.16 Å². The van der Waals surface area contributed by atoms with Crippen LogP contribution in [0, 0.1) is 5.82 Å². The van der Waals surface area contributed by atoms with Crippen LogP contribution >= 0.6 is 0 Å². The molecule has 5 rings (SSSR count). The molecule has 2 unspecified atom stereocenters. The SMILES string of the molecule is Cn1cc(-c2c(F)ccc3nc(C4CC(O[Si](C)(C)C(C)(C)C)CN4C(=O)OC(C)(C)C)n(-c4ccccc4)c(=O)c23)cn1. The molecule has 0 spiro atoms. The van der Waals surface area contributed by atoms with E-state index in [0.717, 1.165) is 0 Å². The van der Waals surface area contributed by atoms with Crippen LogP contribution in [0.4, 0.5) is 9.18 Å². The number of likely N-dealkylation sites (tertiary alicyclic amines) is 1. The smallest absolute Gasteiger partial charge is 0.411 e. The van der Waals surface area contributed by atoms with Crippen molar-refractivity contribution in [3.63, 3.8) is 0 Å². The van der Waals surface area contributed by atoms with Crippen LogP contribution in [-0.4, -0.2) is 56.9 Å². The zero-order valence-corrected chi connectivity index (χ0v) is 28.0. The Hall–Kier alpha value is -3.83. The van der Waals surface area contributed by atoms with E-state index in [2.05, 4.69) is 39.0 Å². The lowest BCUT2D eigenvalue weighted by Crippen LogP contribution is -2.45. The van der Waals surface area contributed by atoms with Gasteiger partial charge in [0.15, 0.2) is 8.32 Å². The van der Waals surface area contributed by atoms with Gasteiger partial charge in [-0.25, -0.2) is 14.2 Å². The number of hydrogen-bond donors (Lipinski definition) is 0. The van der Waals surface area contributed by atoms with Crippen LogP contribution in [0.25, 0.3) is 27.7 Å². The van der Waals surface area contributed by atoms with Gasteiger partial charge in [-0.2, -0.15) is 5.10 Å². The molecule has 4 aromatic rings. The van der Waals surface area contributed by atoms with E-state index in [1.807, 2.05) is 39.0 Å². The lowest BCUT2D eigenvalue weighted by Gasteiger charge is -2.38. The molecule has 1 amide bonds. The summed E-state index contributed by atoms with van der Waals surface area (Å²) in [6.07, 6.45) is 2.83. The van der Waals surface area contributed by atoms with Crippen LogP contribution < -0.4 is 5.56 Å². The quantitative estimate of drug-likeness (QED) is 0.224. The van der Waals surface area contributed by atoms with Crippen LogP contribution in [0.15, 0.2) is 59.7 Å². The van der Waals surface area contributed by atoms with Gasteiger partial charge in [0, 0.05) is 37.3 Å². The zero-order chi connectivity index (χ0) is 32.2. The van der Waals surface area contributed by atoms with Crippen molar-refractivity contribution < 1.29 is 18.3 Å². The third kappa shape index (κ3) is 6.07. The number of nitrogens with zero attached hydrogens (tertiary/aromatic N) is 5. The van der Waals surface area contributed by atoms with E-state index in [0.29, 0.717) is 35.6 Å². The fourth-order valence-corrected chi connectivity index (χ4v) is 6.75. The van der Waals surface area contributed by atoms with E-state index in [-0.39, 0.29) is 22.1 Å². The molecule has 0 N–H and O–H groups in total. The Morgan fingerprint density at radius 3 is 2.32 bits per heavy atom. The van der Waals surface area contributed by atoms with Crippen LogP contribution in [0.3, 0.4) is 0 Å². The number of carbonyl (C=O) groups is 1. The van der Waals surface area contributed by atoms with E-state index in [4.69, 9.17) is 14.1 Å². The van der Waals surface area contributed by atoms with Gasteiger partial charge in [0.25, 0.3) is 5.56 Å². The molecule has 0 radical (unpaired) electrons. The summed E-state index contributed by atoms with van der Waals surface area (Å²) in [4.78, 5) is 34.9.